The second kappa shape index (κ2) is 5.73. The summed E-state index contributed by atoms with van der Waals surface area (Å²) in [7, 11) is 0. The maximum Gasteiger partial charge on any atom is 0.329 e. The Hall–Kier alpha value is -0.710. The number of nitrogens with one attached hydrogen (secondary N) is 1. The van der Waals surface area contributed by atoms with Crippen LogP contribution in [-0.2, 0) is 9.59 Å². The van der Waals surface area contributed by atoms with E-state index in [1.54, 1.807) is 0 Å². The van der Waals surface area contributed by atoms with E-state index >= 15 is 0 Å². The highest BCUT2D eigenvalue weighted by Crippen LogP contribution is 2.40. The number of hydrogen-bond donors (Lipinski definition) is 3. The Kier molecular flexibility index (Phi) is 4.43. The number of aliphatic carboxylic acids is 1. The Morgan fingerprint density at radius 2 is 1.53 bits per heavy atom. The van der Waals surface area contributed by atoms with E-state index in [0.29, 0.717) is 18.6 Å². The van der Waals surface area contributed by atoms with E-state index in [-0.39, 0.29) is 5.91 Å². The number of thiol groups is 1. The standard InChI is InChI=1S/C14H23NO3S/c16-11(13(10-19)6-4-5-7-13)15-14(12(17)18)8-2-1-3-9-14/h19H,1-10H2,(H,15,16)(H,17,18). The molecule has 0 aliphatic heterocycles. The minimum Gasteiger partial charge on any atom is -0.480 e. The van der Waals surface area contributed by atoms with Gasteiger partial charge >= 0.3 is 5.97 Å². The summed E-state index contributed by atoms with van der Waals surface area (Å²) in [4.78, 5) is 24.1. The van der Waals surface area contributed by atoms with Crippen LogP contribution in [0.2, 0.25) is 0 Å². The average molecular weight is 285 g/mol. The van der Waals surface area contributed by atoms with Gasteiger partial charge in [0, 0.05) is 5.75 Å². The fourth-order valence-corrected chi connectivity index (χ4v) is 3.87. The Balaban J connectivity index is 2.12. The summed E-state index contributed by atoms with van der Waals surface area (Å²) in [5.74, 6) is -0.466. The zero-order valence-electron chi connectivity index (χ0n) is 11.3. The van der Waals surface area contributed by atoms with Gasteiger partial charge in [-0.2, -0.15) is 12.6 Å². The van der Waals surface area contributed by atoms with Crippen LogP contribution in [0.15, 0.2) is 0 Å². The molecule has 1 amide bonds. The lowest BCUT2D eigenvalue weighted by atomic mass is 9.79. The molecule has 0 radical (unpaired) electrons. The van der Waals surface area contributed by atoms with Gasteiger partial charge in [0.05, 0.1) is 5.41 Å². The van der Waals surface area contributed by atoms with Gasteiger partial charge in [0.2, 0.25) is 5.91 Å². The molecule has 0 aromatic carbocycles. The second-order valence-corrected chi connectivity index (χ2v) is 6.36. The van der Waals surface area contributed by atoms with Gasteiger partial charge in [-0.25, -0.2) is 4.79 Å². The van der Waals surface area contributed by atoms with Crippen LogP contribution in [0.1, 0.15) is 57.8 Å². The smallest absolute Gasteiger partial charge is 0.329 e. The summed E-state index contributed by atoms with van der Waals surface area (Å²) >= 11 is 4.33. The SMILES string of the molecule is O=C(NC1(C(=O)O)CCCCC1)C1(CS)CCCC1. The highest BCUT2D eigenvalue weighted by Gasteiger charge is 2.47. The maximum atomic E-state index is 12.6. The topological polar surface area (TPSA) is 66.4 Å². The summed E-state index contributed by atoms with van der Waals surface area (Å²) in [5, 5.41) is 12.4. The molecule has 0 spiro atoms. The minimum atomic E-state index is -1.03. The molecule has 0 atom stereocenters. The summed E-state index contributed by atoms with van der Waals surface area (Å²) in [6, 6.07) is 0. The molecule has 2 aliphatic carbocycles. The van der Waals surface area contributed by atoms with Crippen LogP contribution in [0, 0.1) is 5.41 Å². The van der Waals surface area contributed by atoms with Crippen molar-refractivity contribution in [1.82, 2.24) is 5.32 Å². The molecule has 5 heteroatoms. The van der Waals surface area contributed by atoms with Crippen LogP contribution in [0.4, 0.5) is 0 Å². The van der Waals surface area contributed by atoms with Gasteiger partial charge in [-0.15, -0.1) is 0 Å². The van der Waals surface area contributed by atoms with Crippen LogP contribution in [0.3, 0.4) is 0 Å². The minimum absolute atomic E-state index is 0.0932. The molecule has 0 bridgehead atoms. The quantitative estimate of drug-likeness (QED) is 0.695. The summed E-state index contributed by atoms with van der Waals surface area (Å²) in [6.45, 7) is 0. The molecule has 0 aromatic rings. The van der Waals surface area contributed by atoms with E-state index in [4.69, 9.17) is 0 Å². The first kappa shape index (κ1) is 14.7. The second-order valence-electron chi connectivity index (χ2n) is 6.05. The lowest BCUT2D eigenvalue weighted by Gasteiger charge is -2.37. The molecule has 108 valence electrons. The van der Waals surface area contributed by atoms with Gasteiger partial charge in [-0.1, -0.05) is 32.1 Å². The third-order valence-corrected chi connectivity index (χ3v) is 5.42. The Morgan fingerprint density at radius 1 is 1.00 bits per heavy atom. The van der Waals surface area contributed by atoms with E-state index in [1.165, 1.54) is 0 Å². The number of carbonyl (C=O) groups excluding carboxylic acids is 1. The molecule has 2 saturated carbocycles. The number of amides is 1. The average Bonchev–Trinajstić information content (AvgIpc) is 2.89. The molecule has 0 unspecified atom stereocenters. The first-order chi connectivity index (χ1) is 9.05. The monoisotopic (exact) mass is 285 g/mol. The van der Waals surface area contributed by atoms with Crippen LogP contribution in [0.5, 0.6) is 0 Å². The third-order valence-electron chi connectivity index (χ3n) is 4.81. The van der Waals surface area contributed by atoms with E-state index in [9.17, 15) is 14.7 Å². The van der Waals surface area contributed by atoms with Gasteiger partial charge < -0.3 is 10.4 Å². The zero-order chi connectivity index (χ0) is 13.9. The van der Waals surface area contributed by atoms with Gasteiger partial charge in [0.15, 0.2) is 0 Å². The fourth-order valence-electron chi connectivity index (χ4n) is 3.41. The van der Waals surface area contributed by atoms with Gasteiger partial charge in [0.25, 0.3) is 0 Å². The normalized spacial score (nSPS) is 24.9. The molecule has 2 rings (SSSR count). The number of hydrogen-bond acceptors (Lipinski definition) is 3. The molecule has 2 aliphatic rings. The predicted molar refractivity (Wildman–Crippen MR) is 76.3 cm³/mol. The molecular weight excluding hydrogens is 262 g/mol. The van der Waals surface area contributed by atoms with Crippen molar-refractivity contribution in [2.75, 3.05) is 5.75 Å². The molecule has 0 saturated heterocycles. The van der Waals surface area contributed by atoms with Crippen molar-refractivity contribution < 1.29 is 14.7 Å². The van der Waals surface area contributed by atoms with Gasteiger partial charge in [-0.3, -0.25) is 4.79 Å². The van der Waals surface area contributed by atoms with E-state index in [0.717, 1.165) is 44.9 Å². The molecule has 0 heterocycles. The molecule has 19 heavy (non-hydrogen) atoms. The number of carboxylic acid groups (broad SMARTS) is 1. The van der Waals surface area contributed by atoms with Crippen molar-refractivity contribution in [2.24, 2.45) is 5.41 Å². The number of carboxylic acids is 1. The Morgan fingerprint density at radius 3 is 2.00 bits per heavy atom. The van der Waals surface area contributed by atoms with E-state index < -0.39 is 16.9 Å². The predicted octanol–water partition coefficient (Wildman–Crippen LogP) is 2.38. The molecule has 4 nitrogen and oxygen atoms in total. The molecular formula is C14H23NO3S. The number of rotatable bonds is 4. The molecule has 2 fully saturated rings. The molecule has 2 N–H and O–H groups in total. The highest BCUT2D eigenvalue weighted by molar-refractivity contribution is 7.80. The van der Waals surface area contributed by atoms with Crippen molar-refractivity contribution in [3.05, 3.63) is 0 Å². The first-order valence-electron chi connectivity index (χ1n) is 7.22. The van der Waals surface area contributed by atoms with Crippen LogP contribution < -0.4 is 5.32 Å². The highest BCUT2D eigenvalue weighted by atomic mass is 32.1. The third kappa shape index (κ3) is 2.76. The number of carbonyl (C=O) groups is 2. The van der Waals surface area contributed by atoms with Gasteiger partial charge in [-0.05, 0) is 25.7 Å². The van der Waals surface area contributed by atoms with Crippen LogP contribution in [-0.4, -0.2) is 28.3 Å². The zero-order valence-corrected chi connectivity index (χ0v) is 12.2. The lowest BCUT2D eigenvalue weighted by Crippen LogP contribution is -2.59. The van der Waals surface area contributed by atoms with Gasteiger partial charge in [0.1, 0.15) is 5.54 Å². The van der Waals surface area contributed by atoms with Crippen molar-refractivity contribution in [3.8, 4) is 0 Å². The lowest BCUT2D eigenvalue weighted by molar-refractivity contribution is -0.151. The summed E-state index contributed by atoms with van der Waals surface area (Å²) in [5.41, 5.74) is -1.48. The maximum absolute atomic E-state index is 12.6. The van der Waals surface area contributed by atoms with Crippen LogP contribution in [0.25, 0.3) is 0 Å². The van der Waals surface area contributed by atoms with Crippen molar-refractivity contribution in [3.63, 3.8) is 0 Å². The largest absolute Gasteiger partial charge is 0.480 e. The van der Waals surface area contributed by atoms with E-state index in [1.807, 2.05) is 0 Å². The molecule has 0 aromatic heterocycles. The van der Waals surface area contributed by atoms with Crippen molar-refractivity contribution >= 4 is 24.5 Å². The summed E-state index contributed by atoms with van der Waals surface area (Å²) < 4.78 is 0. The van der Waals surface area contributed by atoms with Crippen molar-refractivity contribution in [1.29, 1.82) is 0 Å². The van der Waals surface area contributed by atoms with E-state index in [2.05, 4.69) is 17.9 Å². The Labute approximate surface area is 119 Å². The fraction of sp³-hybridized carbons (Fsp3) is 0.857. The Bertz CT molecular complexity index is 358. The van der Waals surface area contributed by atoms with Crippen molar-refractivity contribution in [2.45, 2.75) is 63.3 Å². The summed E-state index contributed by atoms with van der Waals surface area (Å²) in [6.07, 6.45) is 7.65. The van der Waals surface area contributed by atoms with Crippen LogP contribution >= 0.6 is 12.6 Å². The first-order valence-corrected chi connectivity index (χ1v) is 7.85.